The molecule has 0 aromatic carbocycles. The lowest BCUT2D eigenvalue weighted by Gasteiger charge is -2.00. The van der Waals surface area contributed by atoms with E-state index in [1.165, 1.54) is 4.88 Å². The van der Waals surface area contributed by atoms with E-state index in [0.29, 0.717) is 12.2 Å². The van der Waals surface area contributed by atoms with E-state index in [1.54, 1.807) is 11.3 Å². The van der Waals surface area contributed by atoms with Gasteiger partial charge in [-0.15, -0.1) is 11.3 Å². The highest BCUT2D eigenvalue weighted by Crippen LogP contribution is 2.24. The summed E-state index contributed by atoms with van der Waals surface area (Å²) < 4.78 is 7.02. The molecule has 0 fully saturated rings. The van der Waals surface area contributed by atoms with Crippen LogP contribution in [0.5, 0.6) is 0 Å². The Kier molecular flexibility index (Phi) is 2.52. The van der Waals surface area contributed by atoms with Crippen LogP contribution in [0.2, 0.25) is 0 Å². The summed E-state index contributed by atoms with van der Waals surface area (Å²) in [4.78, 5) is 13.9. The number of rotatable bonds is 2. The molecule has 0 N–H and O–H groups in total. The number of carbonyl (C=O) groups is 1. The second-order valence-corrected chi connectivity index (χ2v) is 4.68. The molecule has 2 rings (SSSR count). The van der Waals surface area contributed by atoms with Crippen LogP contribution in [0.25, 0.3) is 4.83 Å². The molecule has 2 aromatic rings. The molecule has 2 aromatic heterocycles. The first-order valence-electron chi connectivity index (χ1n) is 4.88. The van der Waals surface area contributed by atoms with Crippen molar-refractivity contribution >= 4 is 22.1 Å². The van der Waals surface area contributed by atoms with Crippen LogP contribution in [-0.2, 0) is 4.74 Å². The van der Waals surface area contributed by atoms with Crippen molar-refractivity contribution in [2.45, 2.75) is 20.8 Å². The second kappa shape index (κ2) is 3.70. The minimum absolute atomic E-state index is 0.233. The van der Waals surface area contributed by atoms with E-state index in [9.17, 15) is 4.79 Å². The van der Waals surface area contributed by atoms with Gasteiger partial charge < -0.3 is 9.14 Å². The third-order valence-electron chi connectivity index (χ3n) is 2.33. The van der Waals surface area contributed by atoms with Crippen LogP contribution in [0.15, 0.2) is 12.3 Å². The van der Waals surface area contributed by atoms with Gasteiger partial charge in [0.25, 0.3) is 0 Å². The smallest absolute Gasteiger partial charge is 0.340 e. The monoisotopic (exact) mass is 223 g/mol. The molecule has 0 bridgehead atoms. The van der Waals surface area contributed by atoms with Gasteiger partial charge in [-0.1, -0.05) is 0 Å². The molecule has 0 atom stereocenters. The Hall–Kier alpha value is -1.29. The van der Waals surface area contributed by atoms with E-state index in [-0.39, 0.29) is 5.97 Å². The van der Waals surface area contributed by atoms with Gasteiger partial charge in [0, 0.05) is 16.8 Å². The van der Waals surface area contributed by atoms with E-state index in [1.807, 2.05) is 30.5 Å². The van der Waals surface area contributed by atoms with Crippen LogP contribution in [0.3, 0.4) is 0 Å². The molecule has 0 saturated carbocycles. The van der Waals surface area contributed by atoms with Crippen molar-refractivity contribution in [1.82, 2.24) is 4.40 Å². The van der Waals surface area contributed by atoms with Crippen molar-refractivity contribution in [3.8, 4) is 0 Å². The van der Waals surface area contributed by atoms with E-state index < -0.39 is 0 Å². The van der Waals surface area contributed by atoms with Gasteiger partial charge in [0.15, 0.2) is 0 Å². The van der Waals surface area contributed by atoms with Crippen LogP contribution in [-0.4, -0.2) is 17.0 Å². The maximum absolute atomic E-state index is 11.6. The third-order valence-corrected chi connectivity index (χ3v) is 3.28. The van der Waals surface area contributed by atoms with Crippen LogP contribution in [0, 0.1) is 13.8 Å². The molecule has 0 aliphatic heterocycles. The minimum atomic E-state index is -0.233. The number of nitrogens with zero attached hydrogens (tertiary/aromatic N) is 1. The van der Waals surface area contributed by atoms with Crippen LogP contribution in [0.1, 0.15) is 27.9 Å². The quantitative estimate of drug-likeness (QED) is 0.733. The normalized spacial score (nSPS) is 10.9. The molecule has 80 valence electrons. The molecule has 0 aliphatic carbocycles. The van der Waals surface area contributed by atoms with Crippen molar-refractivity contribution in [3.05, 3.63) is 28.4 Å². The highest BCUT2D eigenvalue weighted by Gasteiger charge is 2.15. The summed E-state index contributed by atoms with van der Waals surface area (Å²) in [6.07, 6.45) is 2.04. The highest BCUT2D eigenvalue weighted by molar-refractivity contribution is 7.17. The summed E-state index contributed by atoms with van der Waals surface area (Å²) in [6, 6.07) is 1.89. The summed E-state index contributed by atoms with van der Waals surface area (Å²) in [5, 5.41) is 0. The van der Waals surface area contributed by atoms with Crippen LogP contribution < -0.4 is 0 Å². The summed E-state index contributed by atoms with van der Waals surface area (Å²) in [6.45, 7) is 6.23. The standard InChI is InChI=1S/C11H13NO2S/c1-4-14-11(13)9-5-10-12(8(9)3)6-7(2)15-10/h5-6H,4H2,1-3H3. The number of aromatic nitrogens is 1. The fourth-order valence-corrected chi connectivity index (χ4v) is 2.57. The number of esters is 1. The number of aryl methyl sites for hydroxylation is 2. The fraction of sp³-hybridized carbons (Fsp3) is 0.364. The zero-order valence-electron chi connectivity index (χ0n) is 9.03. The Balaban J connectivity index is 2.49. The van der Waals surface area contributed by atoms with Crippen molar-refractivity contribution in [2.75, 3.05) is 6.61 Å². The summed E-state index contributed by atoms with van der Waals surface area (Å²) in [7, 11) is 0. The predicted octanol–water partition coefficient (Wildman–Crippen LogP) is 2.79. The van der Waals surface area contributed by atoms with Crippen LogP contribution >= 0.6 is 11.3 Å². The van der Waals surface area contributed by atoms with Gasteiger partial charge >= 0.3 is 5.97 Å². The minimum Gasteiger partial charge on any atom is -0.462 e. The number of carbonyl (C=O) groups excluding carboxylic acids is 1. The SMILES string of the molecule is CCOC(=O)c1cc2sc(C)cn2c1C. The maximum atomic E-state index is 11.6. The summed E-state index contributed by atoms with van der Waals surface area (Å²) in [5.74, 6) is -0.233. The summed E-state index contributed by atoms with van der Waals surface area (Å²) in [5.41, 5.74) is 1.62. The number of fused-ring (bicyclic) bond motifs is 1. The topological polar surface area (TPSA) is 30.7 Å². The second-order valence-electron chi connectivity index (χ2n) is 3.41. The molecule has 0 saturated heterocycles. The van der Waals surface area contributed by atoms with Gasteiger partial charge in [0.05, 0.1) is 12.2 Å². The Labute approximate surface area is 92.3 Å². The molecule has 4 heteroatoms. The average Bonchev–Trinajstić information content (AvgIpc) is 2.66. The first-order valence-corrected chi connectivity index (χ1v) is 5.70. The fourth-order valence-electron chi connectivity index (χ4n) is 1.62. The number of hydrogen-bond acceptors (Lipinski definition) is 3. The zero-order valence-corrected chi connectivity index (χ0v) is 9.85. The van der Waals surface area contributed by atoms with Crippen molar-refractivity contribution in [3.63, 3.8) is 0 Å². The van der Waals surface area contributed by atoms with Crippen molar-refractivity contribution in [2.24, 2.45) is 0 Å². The number of hydrogen-bond donors (Lipinski definition) is 0. The molecular weight excluding hydrogens is 210 g/mol. The largest absolute Gasteiger partial charge is 0.462 e. The molecule has 2 heterocycles. The molecule has 0 amide bonds. The summed E-state index contributed by atoms with van der Waals surface area (Å²) >= 11 is 1.68. The lowest BCUT2D eigenvalue weighted by Crippen LogP contribution is -2.05. The first kappa shape index (κ1) is 10.2. The lowest BCUT2D eigenvalue weighted by atomic mass is 10.2. The maximum Gasteiger partial charge on any atom is 0.340 e. The molecule has 0 aliphatic rings. The van der Waals surface area contributed by atoms with Crippen molar-refractivity contribution in [1.29, 1.82) is 0 Å². The Morgan fingerprint density at radius 2 is 2.27 bits per heavy atom. The zero-order chi connectivity index (χ0) is 11.0. The number of thiazole rings is 1. The van der Waals surface area contributed by atoms with Gasteiger partial charge in [0.1, 0.15) is 4.83 Å². The average molecular weight is 223 g/mol. The molecule has 0 radical (unpaired) electrons. The highest BCUT2D eigenvalue weighted by atomic mass is 32.1. The molecule has 0 spiro atoms. The van der Waals surface area contributed by atoms with Gasteiger partial charge in [-0.3, -0.25) is 0 Å². The Morgan fingerprint density at radius 3 is 2.87 bits per heavy atom. The van der Waals surface area contributed by atoms with E-state index >= 15 is 0 Å². The van der Waals surface area contributed by atoms with Gasteiger partial charge in [-0.2, -0.15) is 0 Å². The molecule has 0 unspecified atom stereocenters. The van der Waals surface area contributed by atoms with E-state index in [4.69, 9.17) is 4.74 Å². The molecule has 15 heavy (non-hydrogen) atoms. The number of ether oxygens (including phenoxy) is 1. The van der Waals surface area contributed by atoms with Crippen LogP contribution in [0.4, 0.5) is 0 Å². The van der Waals surface area contributed by atoms with E-state index in [0.717, 1.165) is 10.5 Å². The van der Waals surface area contributed by atoms with Gasteiger partial charge in [-0.25, -0.2) is 4.79 Å². The van der Waals surface area contributed by atoms with Gasteiger partial charge in [0.2, 0.25) is 0 Å². The third kappa shape index (κ3) is 1.65. The van der Waals surface area contributed by atoms with Crippen molar-refractivity contribution < 1.29 is 9.53 Å². The van der Waals surface area contributed by atoms with Gasteiger partial charge in [-0.05, 0) is 26.8 Å². The first-order chi connectivity index (χ1) is 7.13. The molecular formula is C11H13NO2S. The van der Waals surface area contributed by atoms with E-state index in [2.05, 4.69) is 6.92 Å². The Bertz CT molecular complexity index is 510. The predicted molar refractivity (Wildman–Crippen MR) is 60.7 cm³/mol. The Morgan fingerprint density at radius 1 is 1.53 bits per heavy atom. The lowest BCUT2D eigenvalue weighted by molar-refractivity contribution is 0.0525. The molecule has 3 nitrogen and oxygen atoms in total.